The smallest absolute Gasteiger partial charge is 0.0827 e. The Balaban J connectivity index is 2.27. The highest BCUT2D eigenvalue weighted by molar-refractivity contribution is 6.17. The predicted molar refractivity (Wildman–Crippen MR) is 44.7 cm³/mol. The number of aromatic nitrogens is 3. The maximum absolute atomic E-state index is 5.53. The van der Waals surface area contributed by atoms with Crippen LogP contribution in [0.15, 0.2) is 6.20 Å². The SMILES string of the molecule is Cn1ncc(CCCCCl)n1. The topological polar surface area (TPSA) is 30.7 Å². The molecule has 0 amide bonds. The molecule has 0 aliphatic carbocycles. The standard InChI is InChI=1S/C7H12ClN3/c1-11-9-6-7(10-11)4-2-3-5-8/h6H,2-5H2,1H3. The summed E-state index contributed by atoms with van der Waals surface area (Å²) in [5.41, 5.74) is 1.05. The Labute approximate surface area is 71.4 Å². The zero-order valence-electron chi connectivity index (χ0n) is 6.63. The van der Waals surface area contributed by atoms with Crippen LogP contribution in [-0.4, -0.2) is 20.9 Å². The number of alkyl halides is 1. The molecule has 0 aromatic carbocycles. The molecule has 0 bridgehead atoms. The molecule has 0 saturated carbocycles. The third-order valence-electron chi connectivity index (χ3n) is 1.46. The summed E-state index contributed by atoms with van der Waals surface area (Å²) in [4.78, 5) is 1.58. The fourth-order valence-electron chi connectivity index (χ4n) is 0.903. The summed E-state index contributed by atoms with van der Waals surface area (Å²) in [7, 11) is 1.82. The first kappa shape index (κ1) is 8.53. The van der Waals surface area contributed by atoms with Crippen molar-refractivity contribution in [2.24, 2.45) is 7.05 Å². The molecule has 0 unspecified atom stereocenters. The molecule has 1 heterocycles. The van der Waals surface area contributed by atoms with Crippen LogP contribution in [0.4, 0.5) is 0 Å². The Hall–Kier alpha value is -0.570. The number of rotatable bonds is 4. The quantitative estimate of drug-likeness (QED) is 0.509. The van der Waals surface area contributed by atoms with Crippen molar-refractivity contribution in [1.82, 2.24) is 15.0 Å². The molecule has 0 aliphatic rings. The van der Waals surface area contributed by atoms with Crippen LogP contribution in [0.1, 0.15) is 18.5 Å². The lowest BCUT2D eigenvalue weighted by molar-refractivity contribution is 0.639. The Bertz CT molecular complexity index is 209. The van der Waals surface area contributed by atoms with Crippen LogP contribution in [0.25, 0.3) is 0 Å². The molecule has 3 nitrogen and oxygen atoms in total. The largest absolute Gasteiger partial charge is 0.188 e. The van der Waals surface area contributed by atoms with Crippen LogP contribution in [0.5, 0.6) is 0 Å². The minimum atomic E-state index is 0.736. The molecule has 4 heteroatoms. The molecule has 1 rings (SSSR count). The van der Waals surface area contributed by atoms with Crippen molar-refractivity contribution in [2.75, 3.05) is 5.88 Å². The van der Waals surface area contributed by atoms with Gasteiger partial charge in [-0.3, -0.25) is 0 Å². The molecular formula is C7H12ClN3. The summed E-state index contributed by atoms with van der Waals surface area (Å²) in [5, 5.41) is 8.11. The first-order valence-electron chi connectivity index (χ1n) is 3.74. The molecule has 1 aromatic heterocycles. The van der Waals surface area contributed by atoms with Gasteiger partial charge in [0.1, 0.15) is 0 Å². The number of hydrogen-bond donors (Lipinski definition) is 0. The third kappa shape index (κ3) is 2.89. The maximum Gasteiger partial charge on any atom is 0.0827 e. The van der Waals surface area contributed by atoms with Gasteiger partial charge in [-0.1, -0.05) is 0 Å². The molecule has 0 N–H and O–H groups in total. The number of unbranched alkanes of at least 4 members (excludes halogenated alkanes) is 1. The average Bonchev–Trinajstić information content (AvgIpc) is 2.37. The van der Waals surface area contributed by atoms with Gasteiger partial charge >= 0.3 is 0 Å². The van der Waals surface area contributed by atoms with Gasteiger partial charge in [-0.2, -0.15) is 15.0 Å². The summed E-state index contributed by atoms with van der Waals surface area (Å²) < 4.78 is 0. The minimum absolute atomic E-state index is 0.736. The van der Waals surface area contributed by atoms with Gasteiger partial charge in [0, 0.05) is 12.9 Å². The minimum Gasteiger partial charge on any atom is -0.188 e. The van der Waals surface area contributed by atoms with Crippen molar-refractivity contribution >= 4 is 11.6 Å². The van der Waals surface area contributed by atoms with E-state index in [1.165, 1.54) is 0 Å². The Morgan fingerprint density at radius 3 is 2.91 bits per heavy atom. The van der Waals surface area contributed by atoms with Crippen molar-refractivity contribution in [3.8, 4) is 0 Å². The van der Waals surface area contributed by atoms with Gasteiger partial charge in [-0.05, 0) is 19.3 Å². The molecule has 1 aromatic rings. The Morgan fingerprint density at radius 2 is 2.36 bits per heavy atom. The van der Waals surface area contributed by atoms with Crippen LogP contribution >= 0.6 is 11.6 Å². The van der Waals surface area contributed by atoms with E-state index in [1.807, 2.05) is 7.05 Å². The van der Waals surface area contributed by atoms with Gasteiger partial charge in [0.2, 0.25) is 0 Å². The number of halogens is 1. The van der Waals surface area contributed by atoms with Gasteiger partial charge in [0.25, 0.3) is 0 Å². The van der Waals surface area contributed by atoms with Crippen LogP contribution in [0.2, 0.25) is 0 Å². The third-order valence-corrected chi connectivity index (χ3v) is 1.73. The lowest BCUT2D eigenvalue weighted by Gasteiger charge is -1.91. The number of aryl methyl sites for hydroxylation is 2. The van der Waals surface area contributed by atoms with E-state index in [2.05, 4.69) is 10.2 Å². The second-order valence-electron chi connectivity index (χ2n) is 2.47. The molecule has 0 spiro atoms. The maximum atomic E-state index is 5.53. The van der Waals surface area contributed by atoms with Crippen molar-refractivity contribution in [1.29, 1.82) is 0 Å². The zero-order valence-corrected chi connectivity index (χ0v) is 7.38. The van der Waals surface area contributed by atoms with Crippen LogP contribution in [0.3, 0.4) is 0 Å². The average molecular weight is 174 g/mol. The fraction of sp³-hybridized carbons (Fsp3) is 0.714. The highest BCUT2D eigenvalue weighted by atomic mass is 35.5. The first-order valence-corrected chi connectivity index (χ1v) is 4.27. The van der Waals surface area contributed by atoms with Crippen LogP contribution < -0.4 is 0 Å². The van der Waals surface area contributed by atoms with E-state index in [1.54, 1.807) is 11.0 Å². The van der Waals surface area contributed by atoms with Gasteiger partial charge in [-0.25, -0.2) is 0 Å². The molecule has 62 valence electrons. The summed E-state index contributed by atoms with van der Waals surface area (Å²) in [5.74, 6) is 0.736. The van der Waals surface area contributed by atoms with Crippen molar-refractivity contribution < 1.29 is 0 Å². The van der Waals surface area contributed by atoms with E-state index in [4.69, 9.17) is 11.6 Å². The van der Waals surface area contributed by atoms with E-state index < -0.39 is 0 Å². The highest BCUT2D eigenvalue weighted by Crippen LogP contribution is 2.00. The molecule has 0 fully saturated rings. The van der Waals surface area contributed by atoms with E-state index in [0.29, 0.717) is 0 Å². The number of nitrogens with zero attached hydrogens (tertiary/aromatic N) is 3. The first-order chi connectivity index (χ1) is 5.33. The summed E-state index contributed by atoms with van der Waals surface area (Å²) in [6.07, 6.45) is 4.94. The molecule has 0 aliphatic heterocycles. The van der Waals surface area contributed by atoms with E-state index in [9.17, 15) is 0 Å². The van der Waals surface area contributed by atoms with E-state index in [-0.39, 0.29) is 0 Å². The zero-order chi connectivity index (χ0) is 8.10. The van der Waals surface area contributed by atoms with Crippen molar-refractivity contribution in [3.05, 3.63) is 11.9 Å². The molecule has 11 heavy (non-hydrogen) atoms. The Kier molecular flexibility index (Phi) is 3.36. The monoisotopic (exact) mass is 173 g/mol. The predicted octanol–water partition coefficient (Wildman–Crippen LogP) is 1.38. The molecular weight excluding hydrogens is 162 g/mol. The molecule has 0 saturated heterocycles. The van der Waals surface area contributed by atoms with E-state index in [0.717, 1.165) is 30.8 Å². The van der Waals surface area contributed by atoms with Crippen LogP contribution in [-0.2, 0) is 13.5 Å². The lowest BCUT2D eigenvalue weighted by Crippen LogP contribution is -1.93. The second-order valence-corrected chi connectivity index (χ2v) is 2.85. The van der Waals surface area contributed by atoms with Gasteiger partial charge in [0.05, 0.1) is 11.9 Å². The van der Waals surface area contributed by atoms with Gasteiger partial charge in [-0.15, -0.1) is 11.6 Å². The Morgan fingerprint density at radius 1 is 1.55 bits per heavy atom. The highest BCUT2D eigenvalue weighted by Gasteiger charge is 1.96. The molecule has 0 radical (unpaired) electrons. The van der Waals surface area contributed by atoms with Gasteiger partial charge < -0.3 is 0 Å². The fourth-order valence-corrected chi connectivity index (χ4v) is 1.09. The second kappa shape index (κ2) is 4.34. The van der Waals surface area contributed by atoms with Crippen molar-refractivity contribution in [3.63, 3.8) is 0 Å². The summed E-state index contributed by atoms with van der Waals surface area (Å²) in [6, 6.07) is 0. The normalized spacial score (nSPS) is 10.4. The molecule has 0 atom stereocenters. The summed E-state index contributed by atoms with van der Waals surface area (Å²) >= 11 is 5.53. The number of hydrogen-bond acceptors (Lipinski definition) is 2. The summed E-state index contributed by atoms with van der Waals surface area (Å²) in [6.45, 7) is 0. The van der Waals surface area contributed by atoms with Crippen molar-refractivity contribution in [2.45, 2.75) is 19.3 Å². The van der Waals surface area contributed by atoms with Crippen LogP contribution in [0, 0.1) is 0 Å². The lowest BCUT2D eigenvalue weighted by atomic mass is 10.2. The van der Waals surface area contributed by atoms with E-state index >= 15 is 0 Å². The van der Waals surface area contributed by atoms with Gasteiger partial charge in [0.15, 0.2) is 0 Å².